The minimum atomic E-state index is -1.02. The molecule has 0 aliphatic rings. The molecule has 3 heteroatoms. The van der Waals surface area contributed by atoms with Crippen LogP contribution in [0.15, 0.2) is 28.7 Å². The van der Waals surface area contributed by atoms with Gasteiger partial charge in [0, 0.05) is 10.9 Å². The minimum absolute atomic E-state index is 0.219. The quantitative estimate of drug-likeness (QED) is 0.851. The van der Waals surface area contributed by atoms with Crippen LogP contribution in [0.4, 0.5) is 0 Å². The molecule has 2 N–H and O–H groups in total. The zero-order valence-corrected chi connectivity index (χ0v) is 9.08. The van der Waals surface area contributed by atoms with Gasteiger partial charge in [-0.3, -0.25) is 0 Å². The first kappa shape index (κ1) is 10.7. The molecule has 13 heavy (non-hydrogen) atoms. The van der Waals surface area contributed by atoms with Crippen molar-refractivity contribution >= 4 is 15.9 Å². The van der Waals surface area contributed by atoms with Crippen molar-refractivity contribution in [2.75, 3.05) is 6.61 Å². The van der Waals surface area contributed by atoms with Gasteiger partial charge in [0.15, 0.2) is 0 Å². The normalized spacial score (nSPS) is 15.4. The van der Waals surface area contributed by atoms with Gasteiger partial charge in [-0.2, -0.15) is 0 Å². The fourth-order valence-corrected chi connectivity index (χ4v) is 1.36. The third-order valence-electron chi connectivity index (χ3n) is 1.84. The van der Waals surface area contributed by atoms with E-state index in [1.807, 2.05) is 24.3 Å². The van der Waals surface area contributed by atoms with Crippen molar-refractivity contribution < 1.29 is 10.2 Å². The van der Waals surface area contributed by atoms with Gasteiger partial charge in [0.25, 0.3) is 0 Å². The molecule has 0 bridgehead atoms. The maximum Gasteiger partial charge on any atom is 0.0889 e. The number of aliphatic hydroxyl groups is 2. The van der Waals surface area contributed by atoms with Crippen LogP contribution in [0.25, 0.3) is 0 Å². The first-order valence-corrected chi connectivity index (χ1v) is 4.90. The maximum atomic E-state index is 9.58. The van der Waals surface area contributed by atoms with Crippen LogP contribution in [0.3, 0.4) is 0 Å². The fourth-order valence-electron chi connectivity index (χ4n) is 1.10. The summed E-state index contributed by atoms with van der Waals surface area (Å²) < 4.78 is 1.01. The SMILES string of the molecule is CC(O)(CO)Cc1ccc(Br)cc1. The van der Waals surface area contributed by atoms with E-state index in [0.29, 0.717) is 6.42 Å². The Morgan fingerprint density at radius 3 is 2.31 bits per heavy atom. The molecule has 1 rings (SSSR count). The molecule has 1 aromatic carbocycles. The Labute approximate surface area is 86.3 Å². The van der Waals surface area contributed by atoms with E-state index in [-0.39, 0.29) is 6.61 Å². The topological polar surface area (TPSA) is 40.5 Å². The van der Waals surface area contributed by atoms with Crippen LogP contribution in [0.2, 0.25) is 0 Å². The second-order valence-electron chi connectivity index (χ2n) is 3.46. The van der Waals surface area contributed by atoms with Gasteiger partial charge in [0.1, 0.15) is 0 Å². The number of aliphatic hydroxyl groups excluding tert-OH is 1. The minimum Gasteiger partial charge on any atom is -0.393 e. The standard InChI is InChI=1S/C10H13BrO2/c1-10(13,7-12)6-8-2-4-9(11)5-3-8/h2-5,12-13H,6-7H2,1H3. The first-order chi connectivity index (χ1) is 6.03. The van der Waals surface area contributed by atoms with Crippen LogP contribution < -0.4 is 0 Å². The van der Waals surface area contributed by atoms with Crippen LogP contribution in [0.5, 0.6) is 0 Å². The summed E-state index contributed by atoms with van der Waals surface area (Å²) >= 11 is 3.33. The lowest BCUT2D eigenvalue weighted by Gasteiger charge is -2.19. The summed E-state index contributed by atoms with van der Waals surface area (Å²) in [7, 11) is 0. The van der Waals surface area contributed by atoms with E-state index < -0.39 is 5.60 Å². The van der Waals surface area contributed by atoms with Crippen LogP contribution in [-0.2, 0) is 6.42 Å². The van der Waals surface area contributed by atoms with Gasteiger partial charge < -0.3 is 10.2 Å². The van der Waals surface area contributed by atoms with Crippen LogP contribution in [0, 0.1) is 0 Å². The lowest BCUT2D eigenvalue weighted by atomic mass is 9.98. The monoisotopic (exact) mass is 244 g/mol. The lowest BCUT2D eigenvalue weighted by Crippen LogP contribution is -2.31. The Kier molecular flexibility index (Phi) is 3.47. The average molecular weight is 245 g/mol. The van der Waals surface area contributed by atoms with Gasteiger partial charge in [0.2, 0.25) is 0 Å². The second kappa shape index (κ2) is 4.22. The maximum absolute atomic E-state index is 9.58. The average Bonchev–Trinajstić information content (AvgIpc) is 2.09. The number of halogens is 1. The third kappa shape index (κ3) is 3.46. The molecule has 0 aliphatic carbocycles. The molecule has 0 saturated heterocycles. The summed E-state index contributed by atoms with van der Waals surface area (Å²) in [4.78, 5) is 0. The highest BCUT2D eigenvalue weighted by Crippen LogP contribution is 2.15. The highest BCUT2D eigenvalue weighted by Gasteiger charge is 2.18. The molecule has 0 heterocycles. The van der Waals surface area contributed by atoms with Crippen molar-refractivity contribution in [3.63, 3.8) is 0 Å². The summed E-state index contributed by atoms with van der Waals surface area (Å²) in [5.41, 5.74) is -0.00404. The van der Waals surface area contributed by atoms with E-state index in [0.717, 1.165) is 10.0 Å². The second-order valence-corrected chi connectivity index (χ2v) is 4.37. The van der Waals surface area contributed by atoms with Gasteiger partial charge in [-0.1, -0.05) is 28.1 Å². The summed E-state index contributed by atoms with van der Waals surface area (Å²) in [5.74, 6) is 0. The molecule has 0 amide bonds. The van der Waals surface area contributed by atoms with Crippen molar-refractivity contribution in [3.8, 4) is 0 Å². The molecule has 2 nitrogen and oxygen atoms in total. The van der Waals surface area contributed by atoms with Crippen molar-refractivity contribution in [1.29, 1.82) is 0 Å². The first-order valence-electron chi connectivity index (χ1n) is 4.11. The molecule has 0 saturated carbocycles. The molecule has 0 radical (unpaired) electrons. The van der Waals surface area contributed by atoms with E-state index in [1.54, 1.807) is 6.92 Å². The van der Waals surface area contributed by atoms with E-state index in [4.69, 9.17) is 5.11 Å². The molecule has 0 aromatic heterocycles. The van der Waals surface area contributed by atoms with Gasteiger partial charge in [-0.25, -0.2) is 0 Å². The highest BCUT2D eigenvalue weighted by atomic mass is 79.9. The van der Waals surface area contributed by atoms with Crippen molar-refractivity contribution in [2.45, 2.75) is 18.9 Å². The van der Waals surface area contributed by atoms with Gasteiger partial charge >= 0.3 is 0 Å². The van der Waals surface area contributed by atoms with Crippen molar-refractivity contribution in [2.24, 2.45) is 0 Å². The summed E-state index contributed by atoms with van der Waals surface area (Å²) in [6.07, 6.45) is 0.469. The molecule has 0 aliphatic heterocycles. The molecule has 1 aromatic rings. The van der Waals surface area contributed by atoms with E-state index >= 15 is 0 Å². The third-order valence-corrected chi connectivity index (χ3v) is 2.37. The van der Waals surface area contributed by atoms with Gasteiger partial charge in [-0.15, -0.1) is 0 Å². The predicted molar refractivity (Wildman–Crippen MR) is 55.6 cm³/mol. The van der Waals surface area contributed by atoms with Crippen LogP contribution in [0.1, 0.15) is 12.5 Å². The van der Waals surface area contributed by atoms with Crippen LogP contribution in [-0.4, -0.2) is 22.4 Å². The Hall–Kier alpha value is -0.380. The zero-order chi connectivity index (χ0) is 9.90. The molecular weight excluding hydrogens is 232 g/mol. The van der Waals surface area contributed by atoms with Gasteiger partial charge in [-0.05, 0) is 24.6 Å². The molecule has 0 fully saturated rings. The predicted octanol–water partition coefficient (Wildman–Crippen LogP) is 1.73. The van der Waals surface area contributed by atoms with E-state index in [2.05, 4.69) is 15.9 Å². The molecule has 72 valence electrons. The Bertz CT molecular complexity index is 267. The summed E-state index contributed by atoms with van der Waals surface area (Å²) in [5, 5.41) is 18.4. The van der Waals surface area contributed by atoms with Crippen molar-refractivity contribution in [3.05, 3.63) is 34.3 Å². The van der Waals surface area contributed by atoms with Crippen molar-refractivity contribution in [1.82, 2.24) is 0 Å². The smallest absolute Gasteiger partial charge is 0.0889 e. The number of benzene rings is 1. The van der Waals surface area contributed by atoms with Gasteiger partial charge in [0.05, 0.1) is 12.2 Å². The van der Waals surface area contributed by atoms with E-state index in [1.165, 1.54) is 0 Å². The fraction of sp³-hybridized carbons (Fsp3) is 0.400. The molecule has 0 spiro atoms. The molecule has 1 unspecified atom stereocenters. The largest absolute Gasteiger partial charge is 0.393 e. The Balaban J connectivity index is 2.69. The summed E-state index contributed by atoms with van der Waals surface area (Å²) in [6, 6.07) is 7.69. The Morgan fingerprint density at radius 2 is 1.85 bits per heavy atom. The molecule has 1 atom stereocenters. The number of hydrogen-bond donors (Lipinski definition) is 2. The Morgan fingerprint density at radius 1 is 1.31 bits per heavy atom. The molecular formula is C10H13BrO2. The lowest BCUT2D eigenvalue weighted by molar-refractivity contribution is 0.00232. The van der Waals surface area contributed by atoms with Crippen LogP contribution >= 0.6 is 15.9 Å². The summed E-state index contributed by atoms with van der Waals surface area (Å²) in [6.45, 7) is 1.40. The highest BCUT2D eigenvalue weighted by molar-refractivity contribution is 9.10. The zero-order valence-electron chi connectivity index (χ0n) is 7.50. The van der Waals surface area contributed by atoms with E-state index in [9.17, 15) is 5.11 Å². The number of hydrogen-bond acceptors (Lipinski definition) is 2. The number of rotatable bonds is 3.